The number of hydrogen-bond donors (Lipinski definition) is 1. The summed E-state index contributed by atoms with van der Waals surface area (Å²) in [4.78, 5) is 0. The minimum absolute atomic E-state index is 0. The van der Waals surface area contributed by atoms with Gasteiger partial charge in [-0.15, -0.1) is 11.8 Å². The first-order chi connectivity index (χ1) is 2.81. The molecule has 0 aromatic heterocycles. The molecule has 0 aromatic carbocycles. The second-order valence-corrected chi connectivity index (χ2v) is 2.22. The van der Waals surface area contributed by atoms with Gasteiger partial charge in [-0.2, -0.15) is 0 Å². The third-order valence-corrected chi connectivity index (χ3v) is 1.67. The Hall–Kier alpha value is 1.20. The first-order valence-corrected chi connectivity index (χ1v) is 3.20. The van der Waals surface area contributed by atoms with Crippen LogP contribution in [-0.2, 0) is 0 Å². The molecule has 5 heteroatoms. The summed E-state index contributed by atoms with van der Waals surface area (Å²) in [6.45, 7) is 0. The van der Waals surface area contributed by atoms with Gasteiger partial charge in [-0.3, -0.25) is 0 Å². The molecule has 46 valence electrons. The molecule has 0 radical (unpaired) electrons. The molecular formula is C3H10NNaOS2. The summed E-state index contributed by atoms with van der Waals surface area (Å²) in [5.41, 5.74) is 0. The molecule has 0 aliphatic carbocycles. The van der Waals surface area contributed by atoms with Crippen LogP contribution in [0.2, 0.25) is 0 Å². The molecule has 3 N–H and O–H groups in total. The standard InChI is InChI=1S/C3H7NS2.Na.H2O.H/c1-4-3(5)6-2;;;/h1-2H3,(H,4,5);;1H2;. The van der Waals surface area contributed by atoms with Gasteiger partial charge >= 0.3 is 29.6 Å². The fourth-order valence-corrected chi connectivity index (χ4v) is 0.306. The Bertz CT molecular complexity index is 55.2. The predicted molar refractivity (Wildman–Crippen MR) is 45.9 cm³/mol. The van der Waals surface area contributed by atoms with E-state index in [9.17, 15) is 0 Å². The van der Waals surface area contributed by atoms with Gasteiger partial charge in [0.25, 0.3) is 0 Å². The third kappa shape index (κ3) is 10.2. The number of hydrogen-bond acceptors (Lipinski definition) is 2. The van der Waals surface area contributed by atoms with Gasteiger partial charge in [0.05, 0.1) is 0 Å². The second-order valence-electron chi connectivity index (χ2n) is 0.742. The zero-order chi connectivity index (χ0) is 4.99. The average Bonchev–Trinajstić information content (AvgIpc) is 1.65. The summed E-state index contributed by atoms with van der Waals surface area (Å²) in [5, 5.41) is 2.81. The number of rotatable bonds is 0. The average molecular weight is 163 g/mol. The third-order valence-electron chi connectivity index (χ3n) is 0.390. The summed E-state index contributed by atoms with van der Waals surface area (Å²) in [7, 11) is 1.82. The first-order valence-electron chi connectivity index (χ1n) is 1.57. The van der Waals surface area contributed by atoms with Gasteiger partial charge in [0.2, 0.25) is 0 Å². The van der Waals surface area contributed by atoms with Crippen molar-refractivity contribution in [2.24, 2.45) is 0 Å². The molecule has 0 aromatic rings. The van der Waals surface area contributed by atoms with E-state index in [0.29, 0.717) is 0 Å². The van der Waals surface area contributed by atoms with Crippen LogP contribution >= 0.6 is 24.0 Å². The Balaban J connectivity index is -0.000000125. The minimum atomic E-state index is 0. The Morgan fingerprint density at radius 1 is 1.62 bits per heavy atom. The van der Waals surface area contributed by atoms with Gasteiger partial charge in [0.1, 0.15) is 4.32 Å². The Morgan fingerprint density at radius 2 is 2.00 bits per heavy atom. The molecule has 0 atom stereocenters. The molecule has 0 aliphatic rings. The van der Waals surface area contributed by atoms with E-state index in [2.05, 4.69) is 5.32 Å². The number of thioether (sulfide) groups is 1. The number of thiocarbonyl (C=S) groups is 1. The van der Waals surface area contributed by atoms with Gasteiger partial charge in [-0.1, -0.05) is 12.2 Å². The van der Waals surface area contributed by atoms with Crippen LogP contribution in [-0.4, -0.2) is 52.7 Å². The van der Waals surface area contributed by atoms with E-state index in [0.717, 1.165) is 4.32 Å². The maximum absolute atomic E-state index is 4.71. The van der Waals surface area contributed by atoms with E-state index in [4.69, 9.17) is 12.2 Å². The zero-order valence-corrected chi connectivity index (χ0v) is 5.95. The van der Waals surface area contributed by atoms with Crippen molar-refractivity contribution in [1.82, 2.24) is 5.32 Å². The van der Waals surface area contributed by atoms with Crippen molar-refractivity contribution >= 4 is 57.9 Å². The summed E-state index contributed by atoms with van der Waals surface area (Å²) in [6, 6.07) is 0. The molecule has 0 fully saturated rings. The predicted octanol–water partition coefficient (Wildman–Crippen LogP) is -0.620. The zero-order valence-electron chi connectivity index (χ0n) is 4.32. The van der Waals surface area contributed by atoms with Crippen LogP contribution in [0.5, 0.6) is 0 Å². The molecule has 2 nitrogen and oxygen atoms in total. The quantitative estimate of drug-likeness (QED) is 0.382. The first kappa shape index (κ1) is 16.1. The van der Waals surface area contributed by atoms with E-state index in [1.54, 1.807) is 11.8 Å². The van der Waals surface area contributed by atoms with Crippen molar-refractivity contribution in [2.75, 3.05) is 13.3 Å². The molecule has 0 unspecified atom stereocenters. The van der Waals surface area contributed by atoms with Crippen LogP contribution in [0, 0.1) is 0 Å². The fourth-order valence-electron chi connectivity index (χ4n) is 0.102. The molecular weight excluding hydrogens is 153 g/mol. The molecule has 0 heterocycles. The van der Waals surface area contributed by atoms with Gasteiger partial charge in [0.15, 0.2) is 0 Å². The summed E-state index contributed by atoms with van der Waals surface area (Å²) >= 11 is 6.25. The van der Waals surface area contributed by atoms with Crippen molar-refractivity contribution in [2.45, 2.75) is 0 Å². The van der Waals surface area contributed by atoms with E-state index >= 15 is 0 Å². The normalized spacial score (nSPS) is 5.75. The monoisotopic (exact) mass is 163 g/mol. The van der Waals surface area contributed by atoms with Gasteiger partial charge < -0.3 is 10.8 Å². The van der Waals surface area contributed by atoms with Gasteiger partial charge in [0, 0.05) is 7.05 Å². The van der Waals surface area contributed by atoms with Crippen molar-refractivity contribution in [3.8, 4) is 0 Å². The van der Waals surface area contributed by atoms with Crippen molar-refractivity contribution in [1.29, 1.82) is 0 Å². The van der Waals surface area contributed by atoms with E-state index in [-0.39, 0.29) is 35.0 Å². The van der Waals surface area contributed by atoms with Crippen molar-refractivity contribution in [3.05, 3.63) is 0 Å². The van der Waals surface area contributed by atoms with Crippen LogP contribution in [0.4, 0.5) is 0 Å². The van der Waals surface area contributed by atoms with Crippen molar-refractivity contribution in [3.63, 3.8) is 0 Å². The number of nitrogens with one attached hydrogen (secondary N) is 1. The molecule has 0 saturated heterocycles. The maximum atomic E-state index is 4.71. The van der Waals surface area contributed by atoms with Crippen molar-refractivity contribution < 1.29 is 5.48 Å². The Kier molecular flexibility index (Phi) is 22.2. The second kappa shape index (κ2) is 11.1. The topological polar surface area (TPSA) is 43.5 Å². The van der Waals surface area contributed by atoms with Crippen LogP contribution in [0.3, 0.4) is 0 Å². The van der Waals surface area contributed by atoms with Gasteiger partial charge in [-0.25, -0.2) is 0 Å². The summed E-state index contributed by atoms with van der Waals surface area (Å²) in [5.74, 6) is 0. The summed E-state index contributed by atoms with van der Waals surface area (Å²) < 4.78 is 0.843. The SMILES string of the molecule is CNC(=S)SC.O.[NaH]. The van der Waals surface area contributed by atoms with Crippen LogP contribution in [0.1, 0.15) is 0 Å². The van der Waals surface area contributed by atoms with Crippen LogP contribution in [0.15, 0.2) is 0 Å². The van der Waals surface area contributed by atoms with Crippen LogP contribution < -0.4 is 5.32 Å². The van der Waals surface area contributed by atoms with Crippen LogP contribution in [0.25, 0.3) is 0 Å². The molecule has 0 rings (SSSR count). The van der Waals surface area contributed by atoms with E-state index < -0.39 is 0 Å². The summed E-state index contributed by atoms with van der Waals surface area (Å²) in [6.07, 6.45) is 1.94. The van der Waals surface area contributed by atoms with E-state index in [1.165, 1.54) is 0 Å². The molecule has 0 amide bonds. The fraction of sp³-hybridized carbons (Fsp3) is 0.667. The van der Waals surface area contributed by atoms with E-state index in [1.807, 2.05) is 13.3 Å². The molecule has 0 bridgehead atoms. The molecule has 0 saturated carbocycles. The Labute approximate surface area is 81.4 Å². The molecule has 0 aliphatic heterocycles. The Morgan fingerprint density at radius 3 is 2.00 bits per heavy atom. The van der Waals surface area contributed by atoms with Gasteiger partial charge in [-0.05, 0) is 6.26 Å². The molecule has 0 spiro atoms. The molecule has 8 heavy (non-hydrogen) atoms.